The Bertz CT molecular complexity index is 804. The van der Waals surface area contributed by atoms with E-state index in [9.17, 15) is 22.8 Å². The third-order valence-corrected chi connectivity index (χ3v) is 3.66. The predicted molar refractivity (Wildman–Crippen MR) is 91.6 cm³/mol. The van der Waals surface area contributed by atoms with Crippen molar-refractivity contribution in [3.8, 4) is 5.75 Å². The van der Waals surface area contributed by atoms with Gasteiger partial charge in [0.15, 0.2) is 12.4 Å². The van der Waals surface area contributed by atoms with Crippen LogP contribution in [0.4, 0.5) is 18.9 Å². The monoisotopic (exact) mass is 385 g/mol. The van der Waals surface area contributed by atoms with Crippen LogP contribution in [0.25, 0.3) is 0 Å². The zero-order valence-electron chi connectivity index (χ0n) is 13.7. The summed E-state index contributed by atoms with van der Waals surface area (Å²) in [4.78, 5) is 23.4. The Hall–Kier alpha value is -2.54. The number of rotatable bonds is 6. The van der Waals surface area contributed by atoms with Gasteiger partial charge >= 0.3 is 6.18 Å². The number of alkyl halides is 3. The van der Waals surface area contributed by atoms with Gasteiger partial charge in [-0.2, -0.15) is 13.2 Å². The van der Waals surface area contributed by atoms with Gasteiger partial charge in [0.1, 0.15) is 5.75 Å². The molecule has 2 aromatic carbocycles. The fourth-order valence-corrected chi connectivity index (χ4v) is 2.31. The molecule has 0 bridgehead atoms. The predicted octanol–water partition coefficient (Wildman–Crippen LogP) is 4.97. The third-order valence-electron chi connectivity index (χ3n) is 3.43. The maximum Gasteiger partial charge on any atom is 0.418 e. The van der Waals surface area contributed by atoms with Gasteiger partial charge < -0.3 is 10.1 Å². The number of carbonyl (C=O) groups is 2. The molecule has 0 saturated carbocycles. The van der Waals surface area contributed by atoms with Crippen molar-refractivity contribution in [3.63, 3.8) is 0 Å². The van der Waals surface area contributed by atoms with Crippen LogP contribution in [-0.4, -0.2) is 18.3 Å². The molecule has 2 aromatic rings. The molecule has 138 valence electrons. The van der Waals surface area contributed by atoms with E-state index in [1.54, 1.807) is 19.1 Å². The van der Waals surface area contributed by atoms with Crippen molar-refractivity contribution >= 4 is 29.0 Å². The highest BCUT2D eigenvalue weighted by atomic mass is 35.5. The van der Waals surface area contributed by atoms with E-state index in [4.69, 9.17) is 16.3 Å². The first-order chi connectivity index (χ1) is 12.2. The molecule has 0 heterocycles. The Morgan fingerprint density at radius 2 is 1.77 bits per heavy atom. The van der Waals surface area contributed by atoms with Crippen molar-refractivity contribution in [2.45, 2.75) is 19.5 Å². The molecule has 1 amide bonds. The lowest BCUT2D eigenvalue weighted by Crippen LogP contribution is -2.22. The summed E-state index contributed by atoms with van der Waals surface area (Å²) >= 11 is 5.58. The number of ketones is 1. The molecule has 4 nitrogen and oxygen atoms in total. The van der Waals surface area contributed by atoms with Crippen LogP contribution in [0.3, 0.4) is 0 Å². The molecule has 0 fully saturated rings. The first kappa shape index (κ1) is 19.8. The quantitative estimate of drug-likeness (QED) is 0.714. The van der Waals surface area contributed by atoms with Gasteiger partial charge in [0.05, 0.1) is 11.3 Å². The molecule has 0 aliphatic carbocycles. The zero-order valence-corrected chi connectivity index (χ0v) is 14.4. The molecular weight excluding hydrogens is 371 g/mol. The molecule has 0 atom stereocenters. The van der Waals surface area contributed by atoms with Crippen molar-refractivity contribution < 1.29 is 27.5 Å². The second-order valence-corrected chi connectivity index (χ2v) is 5.76. The van der Waals surface area contributed by atoms with Crippen LogP contribution >= 0.6 is 11.6 Å². The zero-order chi connectivity index (χ0) is 19.3. The topological polar surface area (TPSA) is 55.4 Å². The number of nitrogens with one attached hydrogen (secondary N) is 1. The molecule has 26 heavy (non-hydrogen) atoms. The fourth-order valence-electron chi connectivity index (χ4n) is 2.14. The van der Waals surface area contributed by atoms with E-state index in [0.717, 1.165) is 12.1 Å². The van der Waals surface area contributed by atoms with Crippen molar-refractivity contribution in [3.05, 3.63) is 58.6 Å². The molecule has 0 aromatic heterocycles. The maximum atomic E-state index is 13.0. The van der Waals surface area contributed by atoms with Crippen LogP contribution in [0.2, 0.25) is 5.02 Å². The summed E-state index contributed by atoms with van der Waals surface area (Å²) < 4.78 is 44.2. The van der Waals surface area contributed by atoms with Crippen LogP contribution in [0, 0.1) is 0 Å². The minimum atomic E-state index is -4.66. The average molecular weight is 386 g/mol. The highest BCUT2D eigenvalue weighted by molar-refractivity contribution is 6.30. The Morgan fingerprint density at radius 3 is 2.35 bits per heavy atom. The van der Waals surface area contributed by atoms with Gasteiger partial charge in [-0.05, 0) is 42.5 Å². The summed E-state index contributed by atoms with van der Waals surface area (Å²) in [6, 6.07) is 9.20. The van der Waals surface area contributed by atoms with Crippen LogP contribution in [-0.2, 0) is 11.0 Å². The normalized spacial score (nSPS) is 11.1. The number of halogens is 4. The van der Waals surface area contributed by atoms with Gasteiger partial charge in [-0.1, -0.05) is 18.5 Å². The second kappa shape index (κ2) is 8.23. The van der Waals surface area contributed by atoms with Crippen molar-refractivity contribution in [1.82, 2.24) is 0 Å². The number of ether oxygens (including phenoxy) is 1. The molecule has 0 aliphatic rings. The first-order valence-electron chi connectivity index (χ1n) is 7.63. The van der Waals surface area contributed by atoms with E-state index in [1.807, 2.05) is 0 Å². The second-order valence-electron chi connectivity index (χ2n) is 5.33. The van der Waals surface area contributed by atoms with E-state index in [-0.39, 0.29) is 10.8 Å². The van der Waals surface area contributed by atoms with Gasteiger partial charge in [0.2, 0.25) is 0 Å². The number of Topliss-reactive ketones (excluding diaryl/α,β-unsaturated/α-hetero) is 1. The lowest BCUT2D eigenvalue weighted by Gasteiger charge is -2.14. The van der Waals surface area contributed by atoms with Crippen LogP contribution in [0.5, 0.6) is 5.75 Å². The Labute approximate surface area is 152 Å². The van der Waals surface area contributed by atoms with Crippen LogP contribution in [0.15, 0.2) is 42.5 Å². The van der Waals surface area contributed by atoms with E-state index in [2.05, 4.69) is 5.32 Å². The Morgan fingerprint density at radius 1 is 1.12 bits per heavy atom. The molecule has 8 heteroatoms. The molecule has 0 saturated heterocycles. The Balaban J connectivity index is 2.00. The van der Waals surface area contributed by atoms with Gasteiger partial charge in [-0.25, -0.2) is 0 Å². The summed E-state index contributed by atoms with van der Waals surface area (Å²) in [5.74, 6) is -0.469. The van der Waals surface area contributed by atoms with E-state index in [1.165, 1.54) is 18.2 Å². The van der Waals surface area contributed by atoms with Crippen LogP contribution < -0.4 is 10.1 Å². The molecule has 0 spiro atoms. The van der Waals surface area contributed by atoms with Gasteiger partial charge in [-0.3, -0.25) is 9.59 Å². The number of hydrogen-bond acceptors (Lipinski definition) is 3. The van der Waals surface area contributed by atoms with E-state index >= 15 is 0 Å². The van der Waals surface area contributed by atoms with E-state index < -0.39 is 29.9 Å². The summed E-state index contributed by atoms with van der Waals surface area (Å²) in [5, 5.41) is 2.07. The molecule has 0 aliphatic heterocycles. The minimum absolute atomic E-state index is 0.0308. The first-order valence-corrected chi connectivity index (χ1v) is 8.01. The lowest BCUT2D eigenvalue weighted by molar-refractivity contribution is -0.137. The number of benzene rings is 2. The lowest BCUT2D eigenvalue weighted by atomic mass is 10.1. The molecule has 0 radical (unpaired) electrons. The van der Waals surface area contributed by atoms with Gasteiger partial charge in [0.25, 0.3) is 5.91 Å². The number of carbonyl (C=O) groups excluding carboxylic acids is 2. The smallest absolute Gasteiger partial charge is 0.418 e. The molecule has 1 N–H and O–H groups in total. The van der Waals surface area contributed by atoms with Gasteiger partial charge in [-0.15, -0.1) is 0 Å². The number of amides is 1. The van der Waals surface area contributed by atoms with Crippen molar-refractivity contribution in [2.24, 2.45) is 0 Å². The highest BCUT2D eigenvalue weighted by Gasteiger charge is 2.34. The summed E-state index contributed by atoms with van der Waals surface area (Å²) in [6.45, 7) is 1.25. The van der Waals surface area contributed by atoms with Gasteiger partial charge in [0, 0.05) is 17.0 Å². The van der Waals surface area contributed by atoms with Crippen LogP contribution in [0.1, 0.15) is 29.3 Å². The van der Waals surface area contributed by atoms with Crippen molar-refractivity contribution in [1.29, 1.82) is 0 Å². The maximum absolute atomic E-state index is 13.0. The SMILES string of the molecule is CCC(=O)c1ccc(OCC(=O)Nc2ccc(Cl)cc2C(F)(F)F)cc1. The standard InChI is InChI=1S/C18H15ClF3NO3/c1-2-16(24)11-3-6-13(7-4-11)26-10-17(25)23-15-8-5-12(19)9-14(15)18(20,21)22/h3-9H,2,10H2,1H3,(H,23,25). The fraction of sp³-hybridized carbons (Fsp3) is 0.222. The minimum Gasteiger partial charge on any atom is -0.484 e. The Kier molecular flexibility index (Phi) is 6.26. The number of hydrogen-bond donors (Lipinski definition) is 1. The molecular formula is C18H15ClF3NO3. The summed E-state index contributed by atoms with van der Waals surface area (Å²) in [7, 11) is 0. The number of anilines is 1. The molecule has 2 rings (SSSR count). The highest BCUT2D eigenvalue weighted by Crippen LogP contribution is 2.36. The summed E-state index contributed by atoms with van der Waals surface area (Å²) in [5.41, 5.74) is -0.930. The van der Waals surface area contributed by atoms with E-state index in [0.29, 0.717) is 17.7 Å². The third kappa shape index (κ3) is 5.23. The summed E-state index contributed by atoms with van der Waals surface area (Å²) in [6.07, 6.45) is -4.29. The average Bonchev–Trinajstić information content (AvgIpc) is 2.60. The largest absolute Gasteiger partial charge is 0.484 e. The molecule has 0 unspecified atom stereocenters. The van der Waals surface area contributed by atoms with Crippen molar-refractivity contribution in [2.75, 3.05) is 11.9 Å².